The maximum absolute atomic E-state index is 12.5. The summed E-state index contributed by atoms with van der Waals surface area (Å²) in [4.78, 5) is 11.7. The minimum atomic E-state index is -3.45. The van der Waals surface area contributed by atoms with E-state index >= 15 is 0 Å². The average Bonchev–Trinajstić information content (AvgIpc) is 2.93. The van der Waals surface area contributed by atoms with Crippen LogP contribution in [0.15, 0.2) is 14.7 Å². The zero-order valence-electron chi connectivity index (χ0n) is 11.0. The number of halogens is 1. The van der Waals surface area contributed by atoms with Gasteiger partial charge in [0.15, 0.2) is 0 Å². The van der Waals surface area contributed by atoms with E-state index in [9.17, 15) is 13.2 Å². The topological polar surface area (TPSA) is 74.7 Å². The Morgan fingerprint density at radius 1 is 1.60 bits per heavy atom. The minimum absolute atomic E-state index is 0.0988. The number of thiophene rings is 1. The van der Waals surface area contributed by atoms with Gasteiger partial charge in [0.05, 0.1) is 8.68 Å². The maximum Gasteiger partial charge on any atom is 0.303 e. The first-order chi connectivity index (χ1) is 9.30. The Kier molecular flexibility index (Phi) is 4.88. The molecule has 1 fully saturated rings. The van der Waals surface area contributed by atoms with Crippen molar-refractivity contribution in [3.8, 4) is 0 Å². The molecule has 1 saturated heterocycles. The van der Waals surface area contributed by atoms with Crippen molar-refractivity contribution >= 4 is 43.3 Å². The Balaban J connectivity index is 2.09. The molecule has 1 N–H and O–H groups in total. The third kappa shape index (κ3) is 3.41. The van der Waals surface area contributed by atoms with Crippen molar-refractivity contribution in [2.75, 3.05) is 13.1 Å². The van der Waals surface area contributed by atoms with Gasteiger partial charge in [-0.25, -0.2) is 8.42 Å². The van der Waals surface area contributed by atoms with Crippen molar-refractivity contribution in [3.05, 3.63) is 14.7 Å². The zero-order chi connectivity index (χ0) is 14.9. The lowest BCUT2D eigenvalue weighted by molar-refractivity contribution is -0.137. The fourth-order valence-electron chi connectivity index (χ4n) is 2.40. The molecular formula is C12H16BrNO4S2. The lowest BCUT2D eigenvalue weighted by Crippen LogP contribution is -2.29. The number of nitrogens with zero attached hydrogens (tertiary/aromatic N) is 1. The molecule has 1 atom stereocenters. The molecule has 20 heavy (non-hydrogen) atoms. The van der Waals surface area contributed by atoms with Gasteiger partial charge in [-0.15, -0.1) is 11.3 Å². The molecule has 0 radical (unpaired) electrons. The van der Waals surface area contributed by atoms with Crippen LogP contribution in [0.5, 0.6) is 0 Å². The van der Waals surface area contributed by atoms with Crippen molar-refractivity contribution in [1.82, 2.24) is 4.31 Å². The Morgan fingerprint density at radius 2 is 2.30 bits per heavy atom. The minimum Gasteiger partial charge on any atom is -0.481 e. The number of hydrogen-bond donors (Lipinski definition) is 1. The highest BCUT2D eigenvalue weighted by Gasteiger charge is 2.34. The molecule has 1 aliphatic rings. The van der Waals surface area contributed by atoms with Crippen LogP contribution in [-0.4, -0.2) is 36.9 Å². The second-order valence-corrected chi connectivity index (χ2v) is 9.46. The van der Waals surface area contributed by atoms with Gasteiger partial charge in [-0.1, -0.05) is 0 Å². The van der Waals surface area contributed by atoms with E-state index in [-0.39, 0.29) is 12.3 Å². The van der Waals surface area contributed by atoms with Crippen LogP contribution in [0.4, 0.5) is 0 Å². The van der Waals surface area contributed by atoms with Crippen LogP contribution in [0.2, 0.25) is 0 Å². The van der Waals surface area contributed by atoms with E-state index in [0.29, 0.717) is 24.4 Å². The van der Waals surface area contributed by atoms with E-state index in [2.05, 4.69) is 15.9 Å². The van der Waals surface area contributed by atoms with Gasteiger partial charge in [-0.2, -0.15) is 4.31 Å². The highest BCUT2D eigenvalue weighted by Crippen LogP contribution is 2.34. The van der Waals surface area contributed by atoms with Crippen LogP contribution in [0.1, 0.15) is 24.1 Å². The second-order valence-electron chi connectivity index (χ2n) is 4.92. The highest BCUT2D eigenvalue weighted by atomic mass is 79.9. The standard InChI is InChI=1S/C12H16BrNO4S2/c1-8-10(6-11(13)19-8)20(17,18)14-5-4-9(7-14)2-3-12(15)16/h6,9H,2-5,7H2,1H3,(H,15,16). The summed E-state index contributed by atoms with van der Waals surface area (Å²) in [5.41, 5.74) is 0. The van der Waals surface area contributed by atoms with Gasteiger partial charge in [-0.05, 0) is 47.7 Å². The highest BCUT2D eigenvalue weighted by molar-refractivity contribution is 9.11. The maximum atomic E-state index is 12.5. The summed E-state index contributed by atoms with van der Waals surface area (Å²) in [7, 11) is -3.45. The van der Waals surface area contributed by atoms with Gasteiger partial charge < -0.3 is 5.11 Å². The normalized spacial score (nSPS) is 20.4. The predicted octanol–water partition coefficient (Wildman–Crippen LogP) is 2.69. The van der Waals surface area contributed by atoms with Gasteiger partial charge in [0, 0.05) is 24.4 Å². The summed E-state index contributed by atoms with van der Waals surface area (Å²) in [5.74, 6) is -0.688. The fraction of sp³-hybridized carbons (Fsp3) is 0.583. The van der Waals surface area contributed by atoms with E-state index in [0.717, 1.165) is 15.1 Å². The Hall–Kier alpha value is -0.440. The van der Waals surface area contributed by atoms with E-state index < -0.39 is 16.0 Å². The van der Waals surface area contributed by atoms with Crippen LogP contribution in [-0.2, 0) is 14.8 Å². The Labute approximate surface area is 130 Å². The molecule has 1 aliphatic heterocycles. The van der Waals surface area contributed by atoms with Crippen molar-refractivity contribution in [2.45, 2.75) is 31.1 Å². The van der Waals surface area contributed by atoms with Gasteiger partial charge in [0.25, 0.3) is 0 Å². The fourth-order valence-corrected chi connectivity index (χ4v) is 6.32. The number of aryl methyl sites for hydroxylation is 1. The smallest absolute Gasteiger partial charge is 0.303 e. The predicted molar refractivity (Wildman–Crippen MR) is 80.5 cm³/mol. The Bertz CT molecular complexity index is 611. The number of sulfonamides is 1. The molecule has 0 saturated carbocycles. The molecule has 0 bridgehead atoms. The van der Waals surface area contributed by atoms with Gasteiger partial charge in [0.2, 0.25) is 10.0 Å². The number of carbonyl (C=O) groups is 1. The molecule has 0 spiro atoms. The van der Waals surface area contributed by atoms with Crippen molar-refractivity contribution in [2.24, 2.45) is 5.92 Å². The molecular weight excluding hydrogens is 366 g/mol. The molecule has 0 aliphatic carbocycles. The third-order valence-electron chi connectivity index (χ3n) is 3.48. The zero-order valence-corrected chi connectivity index (χ0v) is 14.2. The van der Waals surface area contributed by atoms with Crippen LogP contribution >= 0.6 is 27.3 Å². The van der Waals surface area contributed by atoms with Crippen molar-refractivity contribution in [1.29, 1.82) is 0 Å². The second kappa shape index (κ2) is 6.13. The number of aliphatic carboxylic acids is 1. The molecule has 0 aromatic carbocycles. The lowest BCUT2D eigenvalue weighted by atomic mass is 10.0. The first kappa shape index (κ1) is 15.9. The van der Waals surface area contributed by atoms with Crippen LogP contribution in [0.25, 0.3) is 0 Å². The molecule has 5 nitrogen and oxygen atoms in total. The quantitative estimate of drug-likeness (QED) is 0.850. The van der Waals surface area contributed by atoms with Gasteiger partial charge >= 0.3 is 5.97 Å². The summed E-state index contributed by atoms with van der Waals surface area (Å²) in [5, 5.41) is 8.68. The molecule has 0 amide bonds. The molecule has 8 heteroatoms. The Morgan fingerprint density at radius 3 is 2.85 bits per heavy atom. The monoisotopic (exact) mass is 381 g/mol. The molecule has 1 aromatic rings. The average molecular weight is 382 g/mol. The molecule has 1 aromatic heterocycles. The van der Waals surface area contributed by atoms with Crippen LogP contribution in [0.3, 0.4) is 0 Å². The van der Waals surface area contributed by atoms with E-state index in [4.69, 9.17) is 5.11 Å². The number of hydrogen-bond acceptors (Lipinski definition) is 4. The van der Waals surface area contributed by atoms with Crippen molar-refractivity contribution in [3.63, 3.8) is 0 Å². The molecule has 2 heterocycles. The molecule has 2 rings (SSSR count). The van der Waals surface area contributed by atoms with Crippen LogP contribution < -0.4 is 0 Å². The summed E-state index contributed by atoms with van der Waals surface area (Å²) < 4.78 is 27.4. The van der Waals surface area contributed by atoms with E-state index in [1.54, 1.807) is 13.0 Å². The largest absolute Gasteiger partial charge is 0.481 e. The molecule has 1 unspecified atom stereocenters. The third-order valence-corrected chi connectivity index (χ3v) is 7.15. The van der Waals surface area contributed by atoms with E-state index in [1.165, 1.54) is 15.6 Å². The summed E-state index contributed by atoms with van der Waals surface area (Å²) in [6.07, 6.45) is 1.37. The van der Waals surface area contributed by atoms with Crippen molar-refractivity contribution < 1.29 is 18.3 Å². The number of carboxylic acid groups (broad SMARTS) is 1. The SMILES string of the molecule is Cc1sc(Br)cc1S(=O)(=O)N1CCC(CCC(=O)O)C1. The molecule has 112 valence electrons. The van der Waals surface area contributed by atoms with Gasteiger partial charge in [0.1, 0.15) is 0 Å². The first-order valence-corrected chi connectivity index (χ1v) is 9.33. The summed E-state index contributed by atoms with van der Waals surface area (Å²) in [6, 6.07) is 1.64. The summed E-state index contributed by atoms with van der Waals surface area (Å²) in [6.45, 7) is 2.68. The first-order valence-electron chi connectivity index (χ1n) is 6.28. The van der Waals surface area contributed by atoms with Crippen LogP contribution in [0, 0.1) is 12.8 Å². The lowest BCUT2D eigenvalue weighted by Gasteiger charge is -2.16. The summed E-state index contributed by atoms with van der Waals surface area (Å²) >= 11 is 4.71. The number of rotatable bonds is 5. The van der Waals surface area contributed by atoms with Gasteiger partial charge in [-0.3, -0.25) is 4.79 Å². The number of carboxylic acids is 1. The van der Waals surface area contributed by atoms with E-state index in [1.807, 2.05) is 0 Å².